The number of nitrogens with zero attached hydrogens (tertiary/aromatic N) is 2. The van der Waals surface area contributed by atoms with Crippen LogP contribution in [0.25, 0.3) is 0 Å². The van der Waals surface area contributed by atoms with Crippen molar-refractivity contribution in [2.24, 2.45) is 0 Å². The third-order valence-electron chi connectivity index (χ3n) is 3.69. The summed E-state index contributed by atoms with van der Waals surface area (Å²) < 4.78 is 11.1. The highest BCUT2D eigenvalue weighted by atomic mass is 16.6. The fourth-order valence-corrected chi connectivity index (χ4v) is 2.31. The number of anilines is 3. The second-order valence-electron chi connectivity index (χ2n) is 5.63. The van der Waals surface area contributed by atoms with Gasteiger partial charge in [-0.1, -0.05) is 0 Å². The second-order valence-corrected chi connectivity index (χ2v) is 5.63. The number of hydrogen-bond donors (Lipinski definition) is 2. The zero-order valence-electron chi connectivity index (χ0n) is 12.4. The van der Waals surface area contributed by atoms with Gasteiger partial charge in [-0.3, -0.25) is 0 Å². The lowest BCUT2D eigenvalue weighted by Gasteiger charge is -2.19. The minimum absolute atomic E-state index is 0.532. The smallest absolute Gasteiger partial charge is 0.224 e. The summed E-state index contributed by atoms with van der Waals surface area (Å²) in [5, 5.41) is 6.64. The monoisotopic (exact) mass is 298 g/mol. The fraction of sp³-hybridized carbons (Fsp3) is 0.375. The first-order valence-corrected chi connectivity index (χ1v) is 7.55. The minimum atomic E-state index is 0.532. The molecule has 1 aliphatic carbocycles. The van der Waals surface area contributed by atoms with Gasteiger partial charge in [-0.2, -0.15) is 4.98 Å². The van der Waals surface area contributed by atoms with Crippen molar-refractivity contribution in [1.29, 1.82) is 0 Å². The van der Waals surface area contributed by atoms with Crippen molar-refractivity contribution in [2.75, 3.05) is 23.8 Å². The number of benzene rings is 1. The van der Waals surface area contributed by atoms with E-state index in [-0.39, 0.29) is 0 Å². The highest BCUT2D eigenvalue weighted by Gasteiger charge is 2.22. The Morgan fingerprint density at radius 1 is 1.14 bits per heavy atom. The van der Waals surface area contributed by atoms with E-state index in [1.807, 2.05) is 31.3 Å². The fourth-order valence-electron chi connectivity index (χ4n) is 2.31. The second kappa shape index (κ2) is 5.36. The van der Waals surface area contributed by atoms with Crippen LogP contribution < -0.4 is 20.1 Å². The van der Waals surface area contributed by atoms with Gasteiger partial charge in [0.15, 0.2) is 11.5 Å². The van der Waals surface area contributed by atoms with Crippen LogP contribution in [-0.4, -0.2) is 29.2 Å². The molecule has 2 aliphatic rings. The van der Waals surface area contributed by atoms with Crippen molar-refractivity contribution in [3.63, 3.8) is 0 Å². The van der Waals surface area contributed by atoms with E-state index in [0.717, 1.165) is 28.6 Å². The number of nitrogens with one attached hydrogen (secondary N) is 2. The molecule has 2 N–H and O–H groups in total. The van der Waals surface area contributed by atoms with Crippen LogP contribution in [0.5, 0.6) is 11.5 Å². The molecule has 1 aromatic heterocycles. The molecule has 6 nitrogen and oxygen atoms in total. The van der Waals surface area contributed by atoms with Crippen LogP contribution in [0.1, 0.15) is 18.4 Å². The third-order valence-corrected chi connectivity index (χ3v) is 3.69. The molecule has 0 amide bonds. The lowest BCUT2D eigenvalue weighted by atomic mass is 10.2. The molecule has 1 fully saturated rings. The van der Waals surface area contributed by atoms with E-state index in [1.54, 1.807) is 0 Å². The standard InChI is InChI=1S/C16H18N4O2/c1-10-9-17-16(19-11-2-3-11)20-15(10)18-12-4-5-13-14(8-12)22-7-6-21-13/h4-5,8-9,11H,2-3,6-7H2,1H3,(H2,17,18,19,20). The van der Waals surface area contributed by atoms with Gasteiger partial charge in [-0.05, 0) is 31.9 Å². The van der Waals surface area contributed by atoms with Crippen molar-refractivity contribution in [2.45, 2.75) is 25.8 Å². The molecule has 2 heterocycles. The van der Waals surface area contributed by atoms with E-state index in [0.29, 0.717) is 25.2 Å². The molecule has 0 radical (unpaired) electrons. The summed E-state index contributed by atoms with van der Waals surface area (Å²) in [4.78, 5) is 8.88. The van der Waals surface area contributed by atoms with Gasteiger partial charge in [-0.25, -0.2) is 4.98 Å². The molecule has 0 atom stereocenters. The number of aryl methyl sites for hydroxylation is 1. The Morgan fingerprint density at radius 3 is 2.77 bits per heavy atom. The molecule has 1 aliphatic heterocycles. The molecule has 0 spiro atoms. The first-order valence-electron chi connectivity index (χ1n) is 7.55. The molecule has 6 heteroatoms. The van der Waals surface area contributed by atoms with Crippen LogP contribution >= 0.6 is 0 Å². The number of hydrogen-bond acceptors (Lipinski definition) is 6. The predicted octanol–water partition coefficient (Wildman–Crippen LogP) is 2.87. The Kier molecular flexibility index (Phi) is 3.21. The first-order chi connectivity index (χ1) is 10.8. The van der Waals surface area contributed by atoms with Crippen LogP contribution in [0, 0.1) is 6.92 Å². The van der Waals surface area contributed by atoms with Crippen molar-refractivity contribution in [3.8, 4) is 11.5 Å². The highest BCUT2D eigenvalue weighted by Crippen LogP contribution is 2.34. The number of ether oxygens (including phenoxy) is 2. The zero-order chi connectivity index (χ0) is 14.9. The van der Waals surface area contributed by atoms with E-state index in [2.05, 4.69) is 20.6 Å². The van der Waals surface area contributed by atoms with Gasteiger partial charge in [0.1, 0.15) is 19.0 Å². The quantitative estimate of drug-likeness (QED) is 0.904. The van der Waals surface area contributed by atoms with E-state index in [9.17, 15) is 0 Å². The van der Waals surface area contributed by atoms with E-state index >= 15 is 0 Å². The van der Waals surface area contributed by atoms with Crippen molar-refractivity contribution >= 4 is 17.5 Å². The number of fused-ring (bicyclic) bond motifs is 1. The van der Waals surface area contributed by atoms with Gasteiger partial charge in [0, 0.05) is 29.6 Å². The van der Waals surface area contributed by atoms with Crippen molar-refractivity contribution < 1.29 is 9.47 Å². The van der Waals surface area contributed by atoms with Crippen LogP contribution in [0.4, 0.5) is 17.5 Å². The highest BCUT2D eigenvalue weighted by molar-refractivity contribution is 5.64. The third kappa shape index (κ3) is 2.77. The van der Waals surface area contributed by atoms with Gasteiger partial charge in [-0.15, -0.1) is 0 Å². The van der Waals surface area contributed by atoms with Crippen LogP contribution in [0.2, 0.25) is 0 Å². The van der Waals surface area contributed by atoms with Gasteiger partial charge >= 0.3 is 0 Å². The largest absolute Gasteiger partial charge is 0.486 e. The maximum absolute atomic E-state index is 5.61. The van der Waals surface area contributed by atoms with Crippen molar-refractivity contribution in [3.05, 3.63) is 30.0 Å². The number of rotatable bonds is 4. The lowest BCUT2D eigenvalue weighted by Crippen LogP contribution is -2.15. The van der Waals surface area contributed by atoms with E-state index in [1.165, 1.54) is 12.8 Å². The van der Waals surface area contributed by atoms with Crippen LogP contribution in [-0.2, 0) is 0 Å². The first kappa shape index (κ1) is 13.2. The summed E-state index contributed by atoms with van der Waals surface area (Å²) in [6.07, 6.45) is 4.22. The molecular weight excluding hydrogens is 280 g/mol. The van der Waals surface area contributed by atoms with Crippen LogP contribution in [0.15, 0.2) is 24.4 Å². The maximum atomic E-state index is 5.61. The Balaban J connectivity index is 1.56. The summed E-state index contributed by atoms with van der Waals surface area (Å²) in [5.74, 6) is 3.02. The van der Waals surface area contributed by atoms with Crippen LogP contribution in [0.3, 0.4) is 0 Å². The average molecular weight is 298 g/mol. The van der Waals surface area contributed by atoms with E-state index < -0.39 is 0 Å². The van der Waals surface area contributed by atoms with Gasteiger partial charge in [0.2, 0.25) is 5.95 Å². The lowest BCUT2D eigenvalue weighted by molar-refractivity contribution is 0.171. The molecule has 4 rings (SSSR count). The molecule has 0 saturated heterocycles. The summed E-state index contributed by atoms with van der Waals surface area (Å²) in [7, 11) is 0. The maximum Gasteiger partial charge on any atom is 0.224 e. The number of aromatic nitrogens is 2. The zero-order valence-corrected chi connectivity index (χ0v) is 12.4. The molecule has 0 unspecified atom stereocenters. The average Bonchev–Trinajstić information content (AvgIpc) is 3.34. The summed E-state index contributed by atoms with van der Waals surface area (Å²) in [5.41, 5.74) is 1.92. The topological polar surface area (TPSA) is 68.3 Å². The Morgan fingerprint density at radius 2 is 1.95 bits per heavy atom. The molecule has 1 aromatic carbocycles. The molecule has 22 heavy (non-hydrogen) atoms. The van der Waals surface area contributed by atoms with Gasteiger partial charge in [0.05, 0.1) is 0 Å². The predicted molar refractivity (Wildman–Crippen MR) is 84.1 cm³/mol. The van der Waals surface area contributed by atoms with Gasteiger partial charge < -0.3 is 20.1 Å². The van der Waals surface area contributed by atoms with Gasteiger partial charge in [0.25, 0.3) is 0 Å². The molecular formula is C16H18N4O2. The molecule has 1 saturated carbocycles. The molecule has 114 valence electrons. The summed E-state index contributed by atoms with van der Waals surface area (Å²) in [6, 6.07) is 6.34. The minimum Gasteiger partial charge on any atom is -0.486 e. The molecule has 2 aromatic rings. The molecule has 0 bridgehead atoms. The Labute approximate surface area is 128 Å². The van der Waals surface area contributed by atoms with Crippen molar-refractivity contribution in [1.82, 2.24) is 9.97 Å². The normalized spacial score (nSPS) is 16.2. The Bertz CT molecular complexity index is 701. The van der Waals surface area contributed by atoms with E-state index in [4.69, 9.17) is 9.47 Å². The summed E-state index contributed by atoms with van der Waals surface area (Å²) >= 11 is 0. The summed E-state index contributed by atoms with van der Waals surface area (Å²) in [6.45, 7) is 3.17. The SMILES string of the molecule is Cc1cnc(NC2CC2)nc1Nc1ccc2c(c1)OCCO2. The Hall–Kier alpha value is -2.50.